The molecule has 0 aliphatic heterocycles. The normalized spacial score (nSPS) is 11.5. The number of halogens is 1. The van der Waals surface area contributed by atoms with Gasteiger partial charge < -0.3 is 11.1 Å². The standard InChI is InChI=1S/C20H20N2O5S3.ClH/c21-14-16-6-11-19(28-16)30(26,27)18-9-7-17(8-10-18)29(24,25)13-12-22-20(23)15-4-2-1-3-5-15;/h1-11H,12-14,21H2,(H,22,23);1H. The van der Waals surface area contributed by atoms with E-state index in [9.17, 15) is 21.6 Å². The van der Waals surface area contributed by atoms with Gasteiger partial charge in [0.1, 0.15) is 4.21 Å². The van der Waals surface area contributed by atoms with Crippen molar-refractivity contribution in [2.75, 3.05) is 12.3 Å². The van der Waals surface area contributed by atoms with Gasteiger partial charge in [0, 0.05) is 23.5 Å². The molecule has 3 aromatic rings. The largest absolute Gasteiger partial charge is 0.351 e. The van der Waals surface area contributed by atoms with Crippen LogP contribution in [0.25, 0.3) is 0 Å². The van der Waals surface area contributed by atoms with E-state index in [1.165, 1.54) is 30.3 Å². The first-order valence-electron chi connectivity index (χ1n) is 8.94. The number of amides is 1. The summed E-state index contributed by atoms with van der Waals surface area (Å²) in [6.45, 7) is 0.186. The highest BCUT2D eigenvalue weighted by Gasteiger charge is 2.22. The summed E-state index contributed by atoms with van der Waals surface area (Å²) in [7, 11) is -7.43. The van der Waals surface area contributed by atoms with E-state index in [0.29, 0.717) is 5.56 Å². The zero-order valence-corrected chi connectivity index (χ0v) is 19.5. The van der Waals surface area contributed by atoms with Crippen LogP contribution in [0.4, 0.5) is 0 Å². The highest BCUT2D eigenvalue weighted by molar-refractivity contribution is 7.93. The van der Waals surface area contributed by atoms with Gasteiger partial charge in [0.25, 0.3) is 5.91 Å². The first-order valence-corrected chi connectivity index (χ1v) is 12.9. The van der Waals surface area contributed by atoms with E-state index >= 15 is 0 Å². The highest BCUT2D eigenvalue weighted by Crippen LogP contribution is 2.28. The third-order valence-corrected chi connectivity index (χ3v) is 9.39. The summed E-state index contributed by atoms with van der Waals surface area (Å²) < 4.78 is 50.5. The quantitative estimate of drug-likeness (QED) is 0.490. The summed E-state index contributed by atoms with van der Waals surface area (Å²) in [5, 5.41) is 2.57. The molecule has 0 saturated carbocycles. The Balaban J connectivity index is 0.00000341. The van der Waals surface area contributed by atoms with Crippen LogP contribution in [-0.4, -0.2) is 35.0 Å². The Labute approximate surface area is 191 Å². The van der Waals surface area contributed by atoms with Gasteiger partial charge in [-0.3, -0.25) is 4.79 Å². The van der Waals surface area contributed by atoms with Gasteiger partial charge >= 0.3 is 0 Å². The number of hydrogen-bond acceptors (Lipinski definition) is 7. The molecule has 0 saturated heterocycles. The van der Waals surface area contributed by atoms with Crippen molar-refractivity contribution in [2.45, 2.75) is 20.5 Å². The van der Waals surface area contributed by atoms with Gasteiger partial charge in [-0.1, -0.05) is 18.2 Å². The predicted molar refractivity (Wildman–Crippen MR) is 122 cm³/mol. The van der Waals surface area contributed by atoms with Gasteiger partial charge in [-0.25, -0.2) is 16.8 Å². The monoisotopic (exact) mass is 500 g/mol. The SMILES string of the molecule is Cl.NCc1ccc(S(=O)(=O)c2ccc(S(=O)(=O)CCNC(=O)c3ccccc3)cc2)s1. The van der Waals surface area contributed by atoms with Crippen molar-refractivity contribution in [3.8, 4) is 0 Å². The van der Waals surface area contributed by atoms with Gasteiger partial charge in [0.05, 0.1) is 15.5 Å². The maximum absolute atomic E-state index is 12.7. The molecular weight excluding hydrogens is 480 g/mol. The van der Waals surface area contributed by atoms with Crippen molar-refractivity contribution in [1.29, 1.82) is 0 Å². The first-order chi connectivity index (χ1) is 14.2. The van der Waals surface area contributed by atoms with Crippen molar-refractivity contribution in [3.63, 3.8) is 0 Å². The third kappa shape index (κ3) is 5.92. The van der Waals surface area contributed by atoms with E-state index in [-0.39, 0.29) is 51.2 Å². The Morgan fingerprint density at radius 2 is 1.48 bits per heavy atom. The molecule has 31 heavy (non-hydrogen) atoms. The number of thiophene rings is 1. The minimum atomic E-state index is -3.74. The molecule has 0 unspecified atom stereocenters. The predicted octanol–water partition coefficient (Wildman–Crippen LogP) is 2.67. The average molecular weight is 501 g/mol. The molecule has 0 bridgehead atoms. The summed E-state index contributed by atoms with van der Waals surface area (Å²) in [6, 6.07) is 16.7. The van der Waals surface area contributed by atoms with Crippen molar-refractivity contribution in [1.82, 2.24) is 5.32 Å². The molecule has 1 heterocycles. The van der Waals surface area contributed by atoms with Crippen LogP contribution in [0.5, 0.6) is 0 Å². The van der Waals surface area contributed by atoms with E-state index in [1.54, 1.807) is 36.4 Å². The lowest BCUT2D eigenvalue weighted by atomic mass is 10.2. The van der Waals surface area contributed by atoms with Crippen LogP contribution in [-0.2, 0) is 26.2 Å². The molecule has 11 heteroatoms. The van der Waals surface area contributed by atoms with E-state index in [4.69, 9.17) is 5.73 Å². The number of rotatable bonds is 8. The van der Waals surface area contributed by atoms with Crippen LogP contribution in [0.1, 0.15) is 15.2 Å². The van der Waals surface area contributed by atoms with Gasteiger partial charge in [0.2, 0.25) is 9.84 Å². The molecule has 0 aliphatic carbocycles. The summed E-state index contributed by atoms with van der Waals surface area (Å²) in [5.74, 6) is -0.664. The lowest BCUT2D eigenvalue weighted by Crippen LogP contribution is -2.29. The molecule has 7 nitrogen and oxygen atoms in total. The molecule has 0 spiro atoms. The Bertz CT molecular complexity index is 1240. The van der Waals surface area contributed by atoms with Gasteiger partial charge in [-0.15, -0.1) is 23.7 Å². The molecule has 2 aromatic carbocycles. The van der Waals surface area contributed by atoms with E-state index in [1.807, 2.05) is 0 Å². The summed E-state index contributed by atoms with van der Waals surface area (Å²) in [4.78, 5) is 12.7. The molecule has 1 amide bonds. The second kappa shape index (κ2) is 10.4. The van der Waals surface area contributed by atoms with Crippen molar-refractivity contribution < 1.29 is 21.6 Å². The number of carbonyl (C=O) groups excluding carboxylic acids is 1. The minimum Gasteiger partial charge on any atom is -0.351 e. The summed E-state index contributed by atoms with van der Waals surface area (Å²) >= 11 is 1.08. The van der Waals surface area contributed by atoms with Crippen LogP contribution in [0.15, 0.2) is 80.7 Å². The molecule has 3 rings (SSSR count). The lowest BCUT2D eigenvalue weighted by molar-refractivity contribution is 0.0956. The van der Waals surface area contributed by atoms with Crippen LogP contribution < -0.4 is 11.1 Å². The fourth-order valence-corrected chi connectivity index (χ4v) is 6.46. The van der Waals surface area contributed by atoms with Crippen LogP contribution in [0.2, 0.25) is 0 Å². The van der Waals surface area contributed by atoms with Crippen LogP contribution in [0.3, 0.4) is 0 Å². The number of nitrogens with two attached hydrogens (primary N) is 1. The fourth-order valence-electron chi connectivity index (χ4n) is 2.66. The number of carbonyl (C=O) groups is 1. The van der Waals surface area contributed by atoms with Crippen LogP contribution >= 0.6 is 23.7 Å². The molecule has 0 aliphatic rings. The molecular formula is C20H21ClN2O5S3. The summed E-state index contributed by atoms with van der Waals surface area (Å²) in [5.41, 5.74) is 5.97. The molecule has 3 N–H and O–H groups in total. The second-order valence-electron chi connectivity index (χ2n) is 6.34. The number of hydrogen-bond donors (Lipinski definition) is 2. The zero-order valence-electron chi connectivity index (χ0n) is 16.2. The maximum atomic E-state index is 12.7. The van der Waals surface area contributed by atoms with Crippen molar-refractivity contribution in [3.05, 3.63) is 77.2 Å². The summed E-state index contributed by atoms with van der Waals surface area (Å²) in [6.07, 6.45) is 0. The van der Waals surface area contributed by atoms with Gasteiger partial charge in [0.15, 0.2) is 9.84 Å². The fraction of sp³-hybridized carbons (Fsp3) is 0.150. The Kier molecular flexibility index (Phi) is 8.38. The Morgan fingerprint density at radius 1 is 0.871 bits per heavy atom. The van der Waals surface area contributed by atoms with Crippen molar-refractivity contribution >= 4 is 49.3 Å². The first kappa shape index (κ1) is 25.0. The molecule has 0 fully saturated rings. The number of nitrogens with one attached hydrogen (secondary N) is 1. The average Bonchev–Trinajstić information content (AvgIpc) is 3.24. The molecule has 166 valence electrons. The minimum absolute atomic E-state index is 0. The van der Waals surface area contributed by atoms with E-state index in [0.717, 1.165) is 16.2 Å². The smallest absolute Gasteiger partial charge is 0.251 e. The second-order valence-corrected chi connectivity index (χ2v) is 11.8. The maximum Gasteiger partial charge on any atom is 0.251 e. The van der Waals surface area contributed by atoms with Gasteiger partial charge in [-0.2, -0.15) is 0 Å². The molecule has 1 aromatic heterocycles. The van der Waals surface area contributed by atoms with Crippen LogP contribution in [0, 0.1) is 0 Å². The topological polar surface area (TPSA) is 123 Å². The molecule has 0 radical (unpaired) electrons. The Morgan fingerprint density at radius 3 is 2.06 bits per heavy atom. The third-order valence-electron chi connectivity index (χ3n) is 4.29. The van der Waals surface area contributed by atoms with Gasteiger partial charge in [-0.05, 0) is 48.5 Å². The number of benzene rings is 2. The van der Waals surface area contributed by atoms with E-state index in [2.05, 4.69) is 5.32 Å². The highest BCUT2D eigenvalue weighted by atomic mass is 35.5. The zero-order chi connectivity index (χ0) is 21.8. The van der Waals surface area contributed by atoms with Crippen molar-refractivity contribution in [2.24, 2.45) is 5.73 Å². The Hall–Kier alpha value is -2.24. The number of sulfone groups is 2. The molecule has 0 atom stereocenters. The van der Waals surface area contributed by atoms with E-state index < -0.39 is 19.7 Å². The lowest BCUT2D eigenvalue weighted by Gasteiger charge is -2.08.